The Labute approximate surface area is 109 Å². The maximum Gasteiger partial charge on any atom is 0.337 e. The molecule has 1 heterocycles. The van der Waals surface area contributed by atoms with Gasteiger partial charge < -0.3 is 10.4 Å². The zero-order valence-corrected chi connectivity index (χ0v) is 10.6. The average molecular weight is 262 g/mol. The Morgan fingerprint density at radius 2 is 2.16 bits per heavy atom. The van der Waals surface area contributed by atoms with Gasteiger partial charge in [-0.05, 0) is 26.0 Å². The predicted octanol–water partition coefficient (Wildman–Crippen LogP) is 0.654. The number of para-hydroxylation sites is 1. The fourth-order valence-corrected chi connectivity index (χ4v) is 1.82. The van der Waals surface area contributed by atoms with Crippen molar-refractivity contribution in [2.75, 3.05) is 0 Å². The monoisotopic (exact) mass is 262 g/mol. The van der Waals surface area contributed by atoms with Gasteiger partial charge in [0.25, 0.3) is 0 Å². The third kappa shape index (κ3) is 2.70. The largest absolute Gasteiger partial charge is 0.478 e. The Kier molecular flexibility index (Phi) is 3.46. The van der Waals surface area contributed by atoms with E-state index in [9.17, 15) is 9.59 Å². The van der Waals surface area contributed by atoms with Crippen molar-refractivity contribution in [3.05, 3.63) is 23.8 Å². The van der Waals surface area contributed by atoms with Gasteiger partial charge in [-0.15, -0.1) is 5.10 Å². The highest BCUT2D eigenvalue weighted by Gasteiger charge is 2.16. The highest BCUT2D eigenvalue weighted by molar-refractivity contribution is 6.01. The third-order valence-corrected chi connectivity index (χ3v) is 2.51. The number of carbonyl (C=O) groups excluding carboxylic acids is 1. The second-order valence-corrected chi connectivity index (χ2v) is 4.45. The summed E-state index contributed by atoms with van der Waals surface area (Å²) < 4.78 is 1.30. The average Bonchev–Trinajstić information content (AvgIpc) is 2.71. The molecule has 2 rings (SSSR count). The first kappa shape index (κ1) is 13.0. The number of carboxylic acid groups (broad SMARTS) is 1. The molecule has 0 aliphatic carbocycles. The minimum atomic E-state index is -1.07. The highest BCUT2D eigenvalue weighted by atomic mass is 16.4. The molecule has 0 unspecified atom stereocenters. The van der Waals surface area contributed by atoms with E-state index < -0.39 is 5.97 Å². The molecule has 0 spiro atoms. The molecule has 0 aliphatic rings. The number of rotatable bonds is 4. The fraction of sp³-hybridized carbons (Fsp3) is 0.333. The van der Waals surface area contributed by atoms with Crippen LogP contribution in [0.2, 0.25) is 0 Å². The summed E-state index contributed by atoms with van der Waals surface area (Å²) in [5, 5.41) is 19.5. The Bertz CT molecular complexity index is 633. The van der Waals surface area contributed by atoms with Crippen LogP contribution in [0.15, 0.2) is 18.2 Å². The number of aromatic nitrogens is 3. The van der Waals surface area contributed by atoms with Gasteiger partial charge in [0, 0.05) is 6.04 Å². The van der Waals surface area contributed by atoms with Gasteiger partial charge in [0.1, 0.15) is 17.6 Å². The molecule has 19 heavy (non-hydrogen) atoms. The van der Waals surface area contributed by atoms with Crippen LogP contribution in [-0.4, -0.2) is 38.0 Å². The molecule has 2 aromatic rings. The van der Waals surface area contributed by atoms with Crippen LogP contribution in [0.5, 0.6) is 0 Å². The highest BCUT2D eigenvalue weighted by Crippen LogP contribution is 2.16. The fourth-order valence-electron chi connectivity index (χ4n) is 1.82. The molecule has 1 aromatic heterocycles. The van der Waals surface area contributed by atoms with Gasteiger partial charge in [0.15, 0.2) is 0 Å². The van der Waals surface area contributed by atoms with E-state index in [2.05, 4.69) is 15.6 Å². The number of carboxylic acids is 1. The van der Waals surface area contributed by atoms with Gasteiger partial charge >= 0.3 is 5.97 Å². The first-order valence-corrected chi connectivity index (χ1v) is 5.84. The van der Waals surface area contributed by atoms with Gasteiger partial charge in [-0.1, -0.05) is 11.3 Å². The van der Waals surface area contributed by atoms with Gasteiger partial charge in [-0.25, -0.2) is 9.48 Å². The van der Waals surface area contributed by atoms with Crippen LogP contribution < -0.4 is 5.32 Å². The predicted molar refractivity (Wildman–Crippen MR) is 67.8 cm³/mol. The molecule has 0 saturated heterocycles. The summed E-state index contributed by atoms with van der Waals surface area (Å²) in [5.74, 6) is -1.31. The Hall–Kier alpha value is -2.44. The van der Waals surface area contributed by atoms with E-state index in [1.54, 1.807) is 12.1 Å². The number of hydrogen-bond donors (Lipinski definition) is 2. The number of nitrogens with zero attached hydrogens (tertiary/aromatic N) is 3. The zero-order valence-electron chi connectivity index (χ0n) is 10.6. The smallest absolute Gasteiger partial charge is 0.337 e. The first-order valence-electron chi connectivity index (χ1n) is 5.84. The van der Waals surface area contributed by atoms with E-state index in [0.717, 1.165) is 0 Å². The van der Waals surface area contributed by atoms with E-state index in [4.69, 9.17) is 5.11 Å². The molecule has 0 saturated carbocycles. The maximum atomic E-state index is 11.7. The van der Waals surface area contributed by atoms with Crippen molar-refractivity contribution in [3.63, 3.8) is 0 Å². The van der Waals surface area contributed by atoms with Crippen LogP contribution in [0.4, 0.5) is 0 Å². The van der Waals surface area contributed by atoms with Crippen LogP contribution >= 0.6 is 0 Å². The van der Waals surface area contributed by atoms with Crippen LogP contribution in [0.25, 0.3) is 11.0 Å². The van der Waals surface area contributed by atoms with E-state index in [0.29, 0.717) is 11.0 Å². The van der Waals surface area contributed by atoms with E-state index >= 15 is 0 Å². The molecule has 1 amide bonds. The lowest BCUT2D eigenvalue weighted by Crippen LogP contribution is -2.33. The summed E-state index contributed by atoms with van der Waals surface area (Å²) in [5.41, 5.74) is 0.894. The number of amides is 1. The van der Waals surface area contributed by atoms with Crippen LogP contribution in [-0.2, 0) is 11.3 Å². The molecular weight excluding hydrogens is 248 g/mol. The number of nitrogens with one attached hydrogen (secondary N) is 1. The molecule has 0 aliphatic heterocycles. The van der Waals surface area contributed by atoms with Crippen molar-refractivity contribution in [1.29, 1.82) is 0 Å². The molecule has 0 fully saturated rings. The number of hydrogen-bond acceptors (Lipinski definition) is 4. The van der Waals surface area contributed by atoms with Crippen molar-refractivity contribution in [2.24, 2.45) is 0 Å². The molecule has 2 N–H and O–H groups in total. The zero-order chi connectivity index (χ0) is 14.0. The first-order chi connectivity index (χ1) is 8.99. The van der Waals surface area contributed by atoms with Gasteiger partial charge in [-0.3, -0.25) is 4.79 Å². The second kappa shape index (κ2) is 5.05. The topological polar surface area (TPSA) is 97.1 Å². The molecule has 0 bridgehead atoms. The lowest BCUT2D eigenvalue weighted by molar-refractivity contribution is -0.122. The van der Waals surface area contributed by atoms with Crippen molar-refractivity contribution < 1.29 is 14.7 Å². The molecule has 1 aromatic carbocycles. The standard InChI is InChI=1S/C12H14N4O3/c1-7(2)13-10(17)6-16-11-8(12(18)19)4-3-5-9(11)14-15-16/h3-5,7H,6H2,1-2H3,(H,13,17)(H,18,19). The maximum absolute atomic E-state index is 11.7. The third-order valence-electron chi connectivity index (χ3n) is 2.51. The van der Waals surface area contributed by atoms with Crippen molar-refractivity contribution in [1.82, 2.24) is 20.3 Å². The van der Waals surface area contributed by atoms with E-state index in [1.165, 1.54) is 10.7 Å². The lowest BCUT2D eigenvalue weighted by atomic mass is 10.2. The quantitative estimate of drug-likeness (QED) is 0.843. The Morgan fingerprint density at radius 3 is 2.79 bits per heavy atom. The van der Waals surface area contributed by atoms with Crippen LogP contribution in [0.3, 0.4) is 0 Å². The molecule has 100 valence electrons. The summed E-state index contributed by atoms with van der Waals surface area (Å²) in [6.45, 7) is 3.64. The van der Waals surface area contributed by atoms with Gasteiger partial charge in [-0.2, -0.15) is 0 Å². The normalized spacial score (nSPS) is 10.9. The summed E-state index contributed by atoms with van der Waals surface area (Å²) >= 11 is 0. The molecule has 7 nitrogen and oxygen atoms in total. The Balaban J connectivity index is 2.39. The summed E-state index contributed by atoms with van der Waals surface area (Å²) in [6.07, 6.45) is 0. The molecular formula is C12H14N4O3. The van der Waals surface area contributed by atoms with Crippen LogP contribution in [0.1, 0.15) is 24.2 Å². The minimum absolute atomic E-state index is 0.0150. The SMILES string of the molecule is CC(C)NC(=O)Cn1nnc2cccc(C(=O)O)c21. The molecule has 0 atom stereocenters. The second-order valence-electron chi connectivity index (χ2n) is 4.45. The lowest BCUT2D eigenvalue weighted by Gasteiger charge is -2.08. The van der Waals surface area contributed by atoms with Crippen molar-refractivity contribution >= 4 is 22.9 Å². The van der Waals surface area contributed by atoms with E-state index in [-0.39, 0.29) is 24.1 Å². The molecule has 7 heteroatoms. The number of fused-ring (bicyclic) bond motifs is 1. The van der Waals surface area contributed by atoms with Crippen molar-refractivity contribution in [2.45, 2.75) is 26.4 Å². The number of benzene rings is 1. The minimum Gasteiger partial charge on any atom is -0.478 e. The summed E-state index contributed by atoms with van der Waals surface area (Å²) in [7, 11) is 0. The number of aromatic carboxylic acids is 1. The summed E-state index contributed by atoms with van der Waals surface area (Å²) in [4.78, 5) is 22.9. The van der Waals surface area contributed by atoms with Gasteiger partial charge in [0.2, 0.25) is 5.91 Å². The molecule has 0 radical (unpaired) electrons. The Morgan fingerprint density at radius 1 is 1.42 bits per heavy atom. The van der Waals surface area contributed by atoms with E-state index in [1.807, 2.05) is 13.8 Å². The summed E-state index contributed by atoms with van der Waals surface area (Å²) in [6, 6.07) is 4.73. The van der Waals surface area contributed by atoms with Gasteiger partial charge in [0.05, 0.1) is 5.56 Å². The number of carbonyl (C=O) groups is 2. The van der Waals surface area contributed by atoms with Crippen LogP contribution in [0, 0.1) is 0 Å². The van der Waals surface area contributed by atoms with Crippen molar-refractivity contribution in [3.8, 4) is 0 Å².